The van der Waals surface area contributed by atoms with Gasteiger partial charge in [0, 0.05) is 37.3 Å². The van der Waals surface area contributed by atoms with Gasteiger partial charge in [-0.3, -0.25) is 4.79 Å². The summed E-state index contributed by atoms with van der Waals surface area (Å²) in [6, 6.07) is 6.92. The predicted octanol–water partition coefficient (Wildman–Crippen LogP) is 1.86. The third-order valence-electron chi connectivity index (χ3n) is 3.34. The monoisotopic (exact) mass is 266 g/mol. The summed E-state index contributed by atoms with van der Waals surface area (Å²) in [6.07, 6.45) is 0.743. The van der Waals surface area contributed by atoms with Crippen molar-refractivity contribution < 1.29 is 14.3 Å². The molecule has 1 aromatic carbocycles. The minimum Gasteiger partial charge on any atom is -0.481 e. The second-order valence-electron chi connectivity index (χ2n) is 5.08. The zero-order valence-electron chi connectivity index (χ0n) is 11.0. The summed E-state index contributed by atoms with van der Waals surface area (Å²) in [5.74, 6) is -1.02. The van der Waals surface area contributed by atoms with Crippen molar-refractivity contribution in [3.8, 4) is 0 Å². The lowest BCUT2D eigenvalue weighted by Crippen LogP contribution is -2.55. The largest absolute Gasteiger partial charge is 0.481 e. The van der Waals surface area contributed by atoms with Crippen molar-refractivity contribution in [1.82, 2.24) is 5.32 Å². The van der Waals surface area contributed by atoms with E-state index in [-0.39, 0.29) is 24.3 Å². The molecule has 4 nitrogen and oxygen atoms in total. The van der Waals surface area contributed by atoms with Crippen LogP contribution >= 0.6 is 0 Å². The van der Waals surface area contributed by atoms with Crippen LogP contribution in [0.1, 0.15) is 19.8 Å². The second kappa shape index (κ2) is 6.02. The average Bonchev–Trinajstić information content (AvgIpc) is 2.36. The molecule has 1 fully saturated rings. The van der Waals surface area contributed by atoms with Gasteiger partial charge in [-0.05, 0) is 31.5 Å². The first-order valence-corrected chi connectivity index (χ1v) is 6.53. The highest BCUT2D eigenvalue weighted by Gasteiger charge is 2.24. The molecule has 0 aromatic heterocycles. The summed E-state index contributed by atoms with van der Waals surface area (Å²) in [7, 11) is 0. The Morgan fingerprint density at radius 2 is 2.32 bits per heavy atom. The van der Waals surface area contributed by atoms with E-state index in [4.69, 9.17) is 5.11 Å². The van der Waals surface area contributed by atoms with Crippen molar-refractivity contribution in [2.45, 2.75) is 31.8 Å². The van der Waals surface area contributed by atoms with E-state index >= 15 is 0 Å². The number of benzene rings is 1. The Morgan fingerprint density at radius 1 is 1.53 bits per heavy atom. The fraction of sp³-hybridized carbons (Fsp3) is 0.500. The smallest absolute Gasteiger partial charge is 0.303 e. The first-order chi connectivity index (χ1) is 9.04. The van der Waals surface area contributed by atoms with E-state index in [9.17, 15) is 9.18 Å². The number of hydrogen-bond donors (Lipinski definition) is 2. The summed E-state index contributed by atoms with van der Waals surface area (Å²) >= 11 is 0. The minimum absolute atomic E-state index is 0.128. The van der Waals surface area contributed by atoms with Gasteiger partial charge in [0.2, 0.25) is 0 Å². The number of nitrogens with one attached hydrogen (secondary N) is 1. The molecule has 1 aromatic rings. The molecule has 2 rings (SSSR count). The summed E-state index contributed by atoms with van der Waals surface area (Å²) in [5.41, 5.74) is 0.855. The molecule has 2 atom stereocenters. The van der Waals surface area contributed by atoms with Gasteiger partial charge in [-0.25, -0.2) is 4.39 Å². The van der Waals surface area contributed by atoms with E-state index < -0.39 is 5.97 Å². The molecule has 0 bridgehead atoms. The highest BCUT2D eigenvalue weighted by atomic mass is 19.1. The van der Waals surface area contributed by atoms with Crippen LogP contribution < -0.4 is 10.2 Å². The van der Waals surface area contributed by atoms with Crippen LogP contribution in [0.15, 0.2) is 24.3 Å². The lowest BCUT2D eigenvalue weighted by Gasteiger charge is -2.39. The molecule has 104 valence electrons. The molecular weight excluding hydrogens is 247 g/mol. The van der Waals surface area contributed by atoms with Gasteiger partial charge in [0.1, 0.15) is 5.82 Å². The third-order valence-corrected chi connectivity index (χ3v) is 3.34. The number of halogens is 1. The van der Waals surface area contributed by atoms with Gasteiger partial charge in [-0.15, -0.1) is 0 Å². The number of hydrogen-bond acceptors (Lipinski definition) is 3. The quantitative estimate of drug-likeness (QED) is 0.873. The zero-order valence-corrected chi connectivity index (χ0v) is 11.0. The van der Waals surface area contributed by atoms with Crippen molar-refractivity contribution in [2.24, 2.45) is 0 Å². The Bertz CT molecular complexity index is 453. The molecular formula is C14H19FN2O2. The highest BCUT2D eigenvalue weighted by Crippen LogP contribution is 2.19. The Hall–Kier alpha value is -1.62. The standard InChI is InChI=1S/C14H19FN2O2/c1-10-8-17(13-4-2-3-11(15)7-13)9-12(16-10)5-6-14(18)19/h2-4,7,10,12,16H,5-6,8-9H2,1H3,(H,18,19). The molecule has 19 heavy (non-hydrogen) atoms. The zero-order chi connectivity index (χ0) is 13.8. The number of carboxylic acid groups (broad SMARTS) is 1. The maximum absolute atomic E-state index is 13.3. The van der Waals surface area contributed by atoms with Crippen LogP contribution in [0, 0.1) is 5.82 Å². The maximum atomic E-state index is 13.3. The summed E-state index contributed by atoms with van der Waals surface area (Å²) in [6.45, 7) is 3.56. The van der Waals surface area contributed by atoms with Crippen molar-refractivity contribution in [3.05, 3.63) is 30.1 Å². The predicted molar refractivity (Wildman–Crippen MR) is 71.9 cm³/mol. The Labute approximate surface area is 112 Å². The fourth-order valence-corrected chi connectivity index (χ4v) is 2.53. The summed E-state index contributed by atoms with van der Waals surface area (Å²) < 4.78 is 13.3. The van der Waals surface area contributed by atoms with E-state index in [2.05, 4.69) is 17.1 Å². The highest BCUT2D eigenvalue weighted by molar-refractivity contribution is 5.66. The molecule has 1 heterocycles. The fourth-order valence-electron chi connectivity index (χ4n) is 2.53. The van der Waals surface area contributed by atoms with Crippen molar-refractivity contribution in [3.63, 3.8) is 0 Å². The lowest BCUT2D eigenvalue weighted by molar-refractivity contribution is -0.137. The Balaban J connectivity index is 2.03. The van der Waals surface area contributed by atoms with Gasteiger partial charge in [0.15, 0.2) is 0 Å². The topological polar surface area (TPSA) is 52.6 Å². The third kappa shape index (κ3) is 3.92. The Morgan fingerprint density at radius 3 is 3.00 bits per heavy atom. The van der Waals surface area contributed by atoms with Crippen molar-refractivity contribution in [2.75, 3.05) is 18.0 Å². The summed E-state index contributed by atoms with van der Waals surface area (Å²) in [5, 5.41) is 12.1. The van der Waals surface area contributed by atoms with Crippen molar-refractivity contribution >= 4 is 11.7 Å². The number of aliphatic carboxylic acids is 1. The molecule has 0 amide bonds. The molecule has 1 aliphatic rings. The minimum atomic E-state index is -0.780. The van der Waals surface area contributed by atoms with Gasteiger partial charge in [-0.1, -0.05) is 6.07 Å². The molecule has 0 saturated carbocycles. The van der Waals surface area contributed by atoms with E-state index in [1.807, 2.05) is 6.07 Å². The SMILES string of the molecule is CC1CN(c2cccc(F)c2)CC(CCC(=O)O)N1. The van der Waals surface area contributed by atoms with E-state index in [1.54, 1.807) is 6.07 Å². The number of rotatable bonds is 4. The molecule has 2 N–H and O–H groups in total. The molecule has 0 aliphatic carbocycles. The van der Waals surface area contributed by atoms with Crippen LogP contribution in [0.3, 0.4) is 0 Å². The van der Waals surface area contributed by atoms with Gasteiger partial charge < -0.3 is 15.3 Å². The number of nitrogens with zero attached hydrogens (tertiary/aromatic N) is 1. The van der Waals surface area contributed by atoms with Gasteiger partial charge in [0.05, 0.1) is 0 Å². The molecule has 2 unspecified atom stereocenters. The normalized spacial score (nSPS) is 23.4. The van der Waals surface area contributed by atoms with E-state index in [0.717, 1.165) is 12.2 Å². The van der Waals surface area contributed by atoms with Crippen LogP contribution in [-0.2, 0) is 4.79 Å². The second-order valence-corrected chi connectivity index (χ2v) is 5.08. The van der Waals surface area contributed by atoms with E-state index in [0.29, 0.717) is 13.0 Å². The number of anilines is 1. The van der Waals surface area contributed by atoms with Crippen LogP contribution in [0.25, 0.3) is 0 Å². The number of carbonyl (C=O) groups is 1. The number of piperazine rings is 1. The molecule has 5 heteroatoms. The van der Waals surface area contributed by atoms with Crippen molar-refractivity contribution in [1.29, 1.82) is 0 Å². The van der Waals surface area contributed by atoms with Crippen LogP contribution in [-0.4, -0.2) is 36.2 Å². The molecule has 1 saturated heterocycles. The first-order valence-electron chi connectivity index (χ1n) is 6.53. The average molecular weight is 266 g/mol. The van der Waals surface area contributed by atoms with Gasteiger partial charge >= 0.3 is 5.97 Å². The first kappa shape index (κ1) is 13.8. The van der Waals surface area contributed by atoms with Crippen LogP contribution in [0.2, 0.25) is 0 Å². The Kier molecular flexibility index (Phi) is 4.37. The van der Waals surface area contributed by atoms with Gasteiger partial charge in [-0.2, -0.15) is 0 Å². The van der Waals surface area contributed by atoms with E-state index in [1.165, 1.54) is 12.1 Å². The summed E-state index contributed by atoms with van der Waals surface area (Å²) in [4.78, 5) is 12.7. The number of carboxylic acids is 1. The lowest BCUT2D eigenvalue weighted by atomic mass is 10.0. The molecule has 1 aliphatic heterocycles. The molecule has 0 spiro atoms. The molecule has 0 radical (unpaired) electrons. The van der Waals surface area contributed by atoms with Crippen LogP contribution in [0.4, 0.5) is 10.1 Å². The van der Waals surface area contributed by atoms with Gasteiger partial charge in [0.25, 0.3) is 0 Å². The maximum Gasteiger partial charge on any atom is 0.303 e. The van der Waals surface area contributed by atoms with Crippen LogP contribution in [0.5, 0.6) is 0 Å².